The van der Waals surface area contributed by atoms with Crippen LogP contribution >= 0.6 is 0 Å². The summed E-state index contributed by atoms with van der Waals surface area (Å²) in [6.45, 7) is 0. The molecule has 7 heteroatoms. The first-order valence-corrected chi connectivity index (χ1v) is 8.10. The van der Waals surface area contributed by atoms with Crippen molar-refractivity contribution in [3.05, 3.63) is 12.3 Å². The third kappa shape index (κ3) is 3.40. The third-order valence-corrected chi connectivity index (χ3v) is 5.28. The molecular weight excluding hydrogens is 263 g/mol. The monoisotopic (exact) mass is 282 g/mol. The fourth-order valence-electron chi connectivity index (χ4n) is 2.40. The van der Waals surface area contributed by atoms with E-state index in [1.807, 2.05) is 7.85 Å². The Bertz CT molecular complexity index is 542. The van der Waals surface area contributed by atoms with Gasteiger partial charge in [-0.15, -0.1) is 0 Å². The predicted molar refractivity (Wildman–Crippen MR) is 78.4 cm³/mol. The highest BCUT2D eigenvalue weighted by Crippen LogP contribution is 2.27. The lowest BCUT2D eigenvalue weighted by Crippen LogP contribution is -2.30. The van der Waals surface area contributed by atoms with Crippen LogP contribution in [-0.2, 0) is 10.0 Å². The van der Waals surface area contributed by atoms with Gasteiger partial charge in [0, 0.05) is 6.20 Å². The Morgan fingerprint density at radius 2 is 2.05 bits per heavy atom. The van der Waals surface area contributed by atoms with Gasteiger partial charge in [0.1, 0.15) is 13.5 Å². The fraction of sp³-hybridized carbons (Fsp3) is 0.583. The molecule has 1 saturated carbocycles. The van der Waals surface area contributed by atoms with Crippen LogP contribution in [0.5, 0.6) is 5.88 Å². The van der Waals surface area contributed by atoms with Crippen LogP contribution in [0, 0.1) is 0 Å². The van der Waals surface area contributed by atoms with Gasteiger partial charge in [-0.2, -0.15) is 0 Å². The van der Waals surface area contributed by atoms with Gasteiger partial charge >= 0.3 is 0 Å². The predicted octanol–water partition coefficient (Wildman–Crippen LogP) is 0.423. The highest BCUT2D eigenvalue weighted by atomic mass is 32.2. The molecule has 1 N–H and O–H groups in total. The minimum atomic E-state index is -3.36. The van der Waals surface area contributed by atoms with Gasteiger partial charge in [-0.25, -0.2) is 13.4 Å². The number of anilines is 1. The maximum Gasteiger partial charge on any atom is 0.238 e. The van der Waals surface area contributed by atoms with Crippen molar-refractivity contribution in [2.75, 3.05) is 11.8 Å². The molecule has 19 heavy (non-hydrogen) atoms. The van der Waals surface area contributed by atoms with Crippen molar-refractivity contribution in [2.24, 2.45) is 0 Å². The quantitative estimate of drug-likeness (QED) is 0.813. The summed E-state index contributed by atoms with van der Waals surface area (Å²) in [7, 11) is -0.00760. The molecule has 1 fully saturated rings. The number of sulfonamides is 1. The number of rotatable bonds is 4. The number of methoxy groups -OCH3 is 1. The zero-order valence-corrected chi connectivity index (χ0v) is 12.2. The van der Waals surface area contributed by atoms with E-state index < -0.39 is 10.0 Å². The van der Waals surface area contributed by atoms with Crippen LogP contribution in [0.2, 0.25) is 0 Å². The second-order valence-corrected chi connectivity index (χ2v) is 6.94. The molecule has 0 aromatic carbocycles. The zero-order chi connectivity index (χ0) is 13.9. The lowest BCUT2D eigenvalue weighted by molar-refractivity contribution is 0.400. The van der Waals surface area contributed by atoms with Crippen molar-refractivity contribution in [3.8, 4) is 5.88 Å². The number of hydrogen-bond acceptors (Lipinski definition) is 4. The van der Waals surface area contributed by atoms with E-state index in [4.69, 9.17) is 4.74 Å². The Labute approximate surface area is 115 Å². The number of ether oxygens (including phenoxy) is 1. The Balaban J connectivity index is 2.21. The fourth-order valence-corrected chi connectivity index (χ4v) is 3.98. The highest BCUT2D eigenvalue weighted by Gasteiger charge is 2.28. The van der Waals surface area contributed by atoms with Gasteiger partial charge in [-0.05, 0) is 18.9 Å². The van der Waals surface area contributed by atoms with Crippen LogP contribution < -0.4 is 14.9 Å². The van der Waals surface area contributed by atoms with Gasteiger partial charge in [0.25, 0.3) is 0 Å². The largest absolute Gasteiger partial charge is 0.480 e. The summed E-state index contributed by atoms with van der Waals surface area (Å²) >= 11 is 0. The molecule has 1 heterocycles. The molecule has 2 rings (SSSR count). The average molecular weight is 282 g/mol. The van der Waals surface area contributed by atoms with E-state index >= 15 is 0 Å². The minimum Gasteiger partial charge on any atom is -0.480 e. The summed E-state index contributed by atoms with van der Waals surface area (Å²) in [5.74, 6) is 0.310. The molecule has 5 nitrogen and oxygen atoms in total. The first-order chi connectivity index (χ1) is 9.03. The molecule has 1 aromatic heterocycles. The number of aromatic nitrogens is 1. The van der Waals surface area contributed by atoms with Crippen LogP contribution in [0.1, 0.15) is 32.1 Å². The lowest BCUT2D eigenvalue weighted by Gasteiger charge is -2.22. The van der Waals surface area contributed by atoms with E-state index in [1.165, 1.54) is 7.11 Å². The van der Waals surface area contributed by atoms with E-state index in [0.29, 0.717) is 11.6 Å². The van der Waals surface area contributed by atoms with Crippen molar-refractivity contribution >= 4 is 29.0 Å². The minimum absolute atomic E-state index is 0.300. The summed E-state index contributed by atoms with van der Waals surface area (Å²) in [5.41, 5.74) is 1.32. The molecule has 104 valence electrons. The Hall–Kier alpha value is -1.24. The Morgan fingerprint density at radius 1 is 1.37 bits per heavy atom. The Kier molecular flexibility index (Phi) is 4.34. The van der Waals surface area contributed by atoms with E-state index in [-0.39, 0.29) is 5.25 Å². The second kappa shape index (κ2) is 5.82. The maximum absolute atomic E-state index is 12.3. The number of nitrogens with one attached hydrogen (secondary N) is 1. The smallest absolute Gasteiger partial charge is 0.238 e. The molecular formula is C12H19BN2O3S. The number of pyridine rings is 1. The van der Waals surface area contributed by atoms with E-state index in [2.05, 4.69) is 9.71 Å². The number of hydrogen-bond donors (Lipinski definition) is 1. The van der Waals surface area contributed by atoms with Gasteiger partial charge < -0.3 is 4.74 Å². The summed E-state index contributed by atoms with van der Waals surface area (Å²) in [6.07, 6.45) is 6.20. The van der Waals surface area contributed by atoms with Crippen molar-refractivity contribution < 1.29 is 13.2 Å². The van der Waals surface area contributed by atoms with Crippen LogP contribution in [-0.4, -0.2) is 33.6 Å². The highest BCUT2D eigenvalue weighted by molar-refractivity contribution is 7.93. The molecule has 1 aliphatic rings. The summed E-state index contributed by atoms with van der Waals surface area (Å²) in [4.78, 5) is 4.08. The molecule has 0 radical (unpaired) electrons. The van der Waals surface area contributed by atoms with Gasteiger partial charge in [-0.1, -0.05) is 24.7 Å². The molecule has 0 unspecified atom stereocenters. The van der Waals surface area contributed by atoms with Gasteiger partial charge in [-0.3, -0.25) is 4.72 Å². The van der Waals surface area contributed by atoms with Gasteiger partial charge in [0.15, 0.2) is 0 Å². The lowest BCUT2D eigenvalue weighted by atomic mass is 9.99. The molecule has 0 atom stereocenters. The van der Waals surface area contributed by atoms with E-state index in [9.17, 15) is 8.42 Å². The molecule has 1 aromatic rings. The average Bonchev–Trinajstić information content (AvgIpc) is 2.39. The van der Waals surface area contributed by atoms with Crippen molar-refractivity contribution in [2.45, 2.75) is 37.4 Å². The molecule has 0 aliphatic heterocycles. The van der Waals surface area contributed by atoms with Crippen LogP contribution in [0.4, 0.5) is 5.69 Å². The van der Waals surface area contributed by atoms with E-state index in [0.717, 1.165) is 37.6 Å². The first kappa shape index (κ1) is 14.2. The molecule has 0 bridgehead atoms. The molecule has 0 spiro atoms. The second-order valence-electron chi connectivity index (χ2n) is 4.98. The van der Waals surface area contributed by atoms with Crippen molar-refractivity contribution in [1.82, 2.24) is 4.98 Å². The van der Waals surface area contributed by atoms with Gasteiger partial charge in [0.2, 0.25) is 15.9 Å². The van der Waals surface area contributed by atoms with E-state index in [1.54, 1.807) is 12.3 Å². The number of nitrogens with zero attached hydrogens (tertiary/aromatic N) is 1. The third-order valence-electron chi connectivity index (χ3n) is 3.42. The summed E-state index contributed by atoms with van der Waals surface area (Å²) in [5, 5.41) is -0.300. The molecule has 0 amide bonds. The topological polar surface area (TPSA) is 68.3 Å². The van der Waals surface area contributed by atoms with Crippen LogP contribution in [0.15, 0.2) is 12.3 Å². The molecule has 1 aliphatic carbocycles. The maximum atomic E-state index is 12.3. The first-order valence-electron chi connectivity index (χ1n) is 6.55. The van der Waals surface area contributed by atoms with Crippen LogP contribution in [0.25, 0.3) is 0 Å². The van der Waals surface area contributed by atoms with Crippen molar-refractivity contribution in [1.29, 1.82) is 0 Å². The van der Waals surface area contributed by atoms with Gasteiger partial charge in [0.05, 0.1) is 12.4 Å². The molecule has 0 saturated heterocycles. The SMILES string of the molecule is Bc1cnc(OC)c(NS(=O)(=O)C2CCCCC2)c1. The zero-order valence-electron chi connectivity index (χ0n) is 11.3. The van der Waals surface area contributed by atoms with Crippen LogP contribution in [0.3, 0.4) is 0 Å². The van der Waals surface area contributed by atoms with Crippen molar-refractivity contribution in [3.63, 3.8) is 0 Å². The normalized spacial score (nSPS) is 17.1. The standard InChI is InChI=1S/C12H19BN2O3S/c1-18-12-11(7-9(13)8-14-12)15-19(16,17)10-5-3-2-4-6-10/h7-8,10,15H,2-6,13H2,1H3. The summed E-state index contributed by atoms with van der Waals surface area (Å²) < 4.78 is 32.4. The Morgan fingerprint density at radius 3 is 2.68 bits per heavy atom. The summed E-state index contributed by atoms with van der Waals surface area (Å²) in [6, 6.07) is 1.74.